The van der Waals surface area contributed by atoms with Crippen LogP contribution in [0.1, 0.15) is 30.1 Å². The zero-order valence-electron chi connectivity index (χ0n) is 13.7. The third kappa shape index (κ3) is 5.32. The summed E-state index contributed by atoms with van der Waals surface area (Å²) in [5, 5.41) is 14.1. The van der Waals surface area contributed by atoms with Gasteiger partial charge in [0.25, 0.3) is 5.69 Å². The molecule has 8 nitrogen and oxygen atoms in total. The number of hydrogen-bond donors (Lipinski definition) is 3. The maximum atomic E-state index is 12.1. The van der Waals surface area contributed by atoms with Crippen LogP contribution >= 0.6 is 24.2 Å². The van der Waals surface area contributed by atoms with Gasteiger partial charge < -0.3 is 16.8 Å². The van der Waals surface area contributed by atoms with Gasteiger partial charge in [-0.1, -0.05) is 0 Å². The molecule has 0 radical (unpaired) electrons. The Morgan fingerprint density at radius 2 is 2.08 bits per heavy atom. The highest BCUT2D eigenvalue weighted by Crippen LogP contribution is 2.39. The monoisotopic (exact) mass is 388 g/mol. The summed E-state index contributed by atoms with van der Waals surface area (Å²) in [6.07, 6.45) is 2.09. The molecule has 0 aromatic heterocycles. The van der Waals surface area contributed by atoms with Gasteiger partial charge >= 0.3 is 0 Å². The van der Waals surface area contributed by atoms with Crippen LogP contribution in [0.2, 0.25) is 0 Å². The topological polar surface area (TPSA) is 141 Å². The molecular formula is C15H21ClN4O4S. The number of carbonyl (C=O) groups is 2. The van der Waals surface area contributed by atoms with Gasteiger partial charge in [-0.05, 0) is 37.8 Å². The number of halogens is 1. The Morgan fingerprint density at radius 1 is 1.44 bits per heavy atom. The highest BCUT2D eigenvalue weighted by atomic mass is 35.5. The lowest BCUT2D eigenvalue weighted by Gasteiger charge is -2.29. The first kappa shape index (κ1) is 21.2. The van der Waals surface area contributed by atoms with E-state index in [-0.39, 0.29) is 35.3 Å². The molecule has 0 saturated heterocycles. The summed E-state index contributed by atoms with van der Waals surface area (Å²) < 4.78 is 0. The van der Waals surface area contributed by atoms with E-state index in [1.807, 2.05) is 6.92 Å². The van der Waals surface area contributed by atoms with Crippen LogP contribution in [-0.2, 0) is 4.79 Å². The van der Waals surface area contributed by atoms with Crippen LogP contribution in [0.25, 0.3) is 0 Å². The average molecular weight is 389 g/mol. The van der Waals surface area contributed by atoms with Crippen molar-refractivity contribution in [2.45, 2.75) is 30.2 Å². The van der Waals surface area contributed by atoms with Crippen molar-refractivity contribution < 1.29 is 14.5 Å². The van der Waals surface area contributed by atoms with Crippen molar-refractivity contribution in [3.63, 3.8) is 0 Å². The van der Waals surface area contributed by atoms with Crippen LogP contribution < -0.4 is 16.8 Å². The van der Waals surface area contributed by atoms with E-state index in [0.717, 1.165) is 30.7 Å². The number of nitro groups is 1. The van der Waals surface area contributed by atoms with Gasteiger partial charge in [-0.15, -0.1) is 24.2 Å². The number of nitrogens with two attached hydrogens (primary N) is 2. The normalized spacial score (nSPS) is 15.6. The molecule has 1 aliphatic carbocycles. The van der Waals surface area contributed by atoms with Crippen molar-refractivity contribution in [3.8, 4) is 0 Å². The molecule has 0 bridgehead atoms. The van der Waals surface area contributed by atoms with Gasteiger partial charge in [0.05, 0.1) is 21.1 Å². The fourth-order valence-electron chi connectivity index (χ4n) is 2.47. The molecule has 1 aromatic rings. The third-order valence-corrected chi connectivity index (χ3v) is 5.19. The summed E-state index contributed by atoms with van der Waals surface area (Å²) in [6, 6.07) is 3.96. The molecule has 0 spiro atoms. The highest BCUT2D eigenvalue weighted by molar-refractivity contribution is 8.00. The number of benzene rings is 1. The Balaban J connectivity index is 0.00000312. The standard InChI is InChI=1S/C15H20N4O4S.ClH/c1-15(8-16,10-3-4-10)18-13(20)7-24-12-5-2-9(14(17)21)6-11(12)19(22)23;/h2,5-6,10H,3-4,7-8,16H2,1H3,(H2,17,21)(H,18,20);1H. The molecule has 1 fully saturated rings. The van der Waals surface area contributed by atoms with E-state index in [9.17, 15) is 19.7 Å². The minimum atomic E-state index is -0.740. The number of nitro benzene ring substituents is 1. The molecule has 0 aliphatic heterocycles. The van der Waals surface area contributed by atoms with E-state index in [1.54, 1.807) is 0 Å². The third-order valence-electron chi connectivity index (χ3n) is 4.13. The van der Waals surface area contributed by atoms with Gasteiger partial charge in [0.1, 0.15) is 0 Å². The van der Waals surface area contributed by atoms with Crippen molar-refractivity contribution >= 4 is 41.7 Å². The Hall–Kier alpha value is -1.84. The Labute approximate surface area is 155 Å². The summed E-state index contributed by atoms with van der Waals surface area (Å²) in [5.41, 5.74) is 10.3. The Kier molecular flexibility index (Phi) is 7.21. The lowest BCUT2D eigenvalue weighted by atomic mass is 9.96. The van der Waals surface area contributed by atoms with Crippen LogP contribution in [0, 0.1) is 16.0 Å². The molecule has 2 rings (SSSR count). The van der Waals surface area contributed by atoms with Gasteiger partial charge in [0.15, 0.2) is 0 Å². The fourth-order valence-corrected chi connectivity index (χ4v) is 3.28. The van der Waals surface area contributed by atoms with Crippen LogP contribution in [0.3, 0.4) is 0 Å². The van der Waals surface area contributed by atoms with Gasteiger partial charge in [0, 0.05) is 18.2 Å². The van der Waals surface area contributed by atoms with E-state index in [1.165, 1.54) is 12.1 Å². The first-order chi connectivity index (χ1) is 11.3. The predicted octanol–water partition coefficient (Wildman–Crippen LogP) is 1.45. The van der Waals surface area contributed by atoms with Gasteiger partial charge in [-0.2, -0.15) is 0 Å². The lowest BCUT2D eigenvalue weighted by Crippen LogP contribution is -2.53. The van der Waals surface area contributed by atoms with Crippen molar-refractivity contribution in [2.75, 3.05) is 12.3 Å². The SMILES string of the molecule is CC(CN)(NC(=O)CSc1ccc(C(N)=O)cc1[N+](=O)[O-])C1CC1.Cl. The smallest absolute Gasteiger partial charge is 0.283 e. The van der Waals surface area contributed by atoms with E-state index >= 15 is 0 Å². The minimum Gasteiger partial charge on any atom is -0.366 e. The van der Waals surface area contributed by atoms with Crippen molar-refractivity contribution in [1.29, 1.82) is 0 Å². The number of nitrogens with one attached hydrogen (secondary N) is 1. The predicted molar refractivity (Wildman–Crippen MR) is 97.9 cm³/mol. The molecule has 10 heteroatoms. The van der Waals surface area contributed by atoms with E-state index in [4.69, 9.17) is 11.5 Å². The fraction of sp³-hybridized carbons (Fsp3) is 0.467. The van der Waals surface area contributed by atoms with Crippen molar-refractivity contribution in [3.05, 3.63) is 33.9 Å². The molecule has 1 aromatic carbocycles. The van der Waals surface area contributed by atoms with E-state index < -0.39 is 16.4 Å². The first-order valence-electron chi connectivity index (χ1n) is 7.49. The summed E-state index contributed by atoms with van der Waals surface area (Å²) in [4.78, 5) is 34.1. The lowest BCUT2D eigenvalue weighted by molar-refractivity contribution is -0.387. The summed E-state index contributed by atoms with van der Waals surface area (Å²) in [6.45, 7) is 2.26. The highest BCUT2D eigenvalue weighted by Gasteiger charge is 2.41. The quantitative estimate of drug-likeness (QED) is 0.349. The van der Waals surface area contributed by atoms with Gasteiger partial charge in [0.2, 0.25) is 11.8 Å². The van der Waals surface area contributed by atoms with Crippen LogP contribution in [0.4, 0.5) is 5.69 Å². The number of thioether (sulfide) groups is 1. The average Bonchev–Trinajstić information content (AvgIpc) is 3.37. The largest absolute Gasteiger partial charge is 0.366 e. The molecule has 0 heterocycles. The minimum absolute atomic E-state index is 0. The number of amides is 2. The zero-order valence-corrected chi connectivity index (χ0v) is 15.3. The molecule has 1 saturated carbocycles. The number of carbonyl (C=O) groups excluding carboxylic acids is 2. The molecule has 1 unspecified atom stereocenters. The first-order valence-corrected chi connectivity index (χ1v) is 8.47. The van der Waals surface area contributed by atoms with Crippen molar-refractivity contribution in [1.82, 2.24) is 5.32 Å². The molecule has 1 aliphatic rings. The van der Waals surface area contributed by atoms with Crippen LogP contribution in [-0.4, -0.2) is 34.6 Å². The molecule has 1 atom stereocenters. The van der Waals surface area contributed by atoms with Crippen LogP contribution in [0.5, 0.6) is 0 Å². The van der Waals surface area contributed by atoms with Gasteiger partial charge in [-0.3, -0.25) is 19.7 Å². The second-order valence-corrected chi connectivity index (χ2v) is 7.05. The maximum Gasteiger partial charge on any atom is 0.283 e. The number of primary amides is 1. The second kappa shape index (κ2) is 8.50. The molecule has 25 heavy (non-hydrogen) atoms. The Morgan fingerprint density at radius 3 is 2.56 bits per heavy atom. The second-order valence-electron chi connectivity index (χ2n) is 6.04. The summed E-state index contributed by atoms with van der Waals surface area (Å²) in [5.74, 6) is -0.552. The molecule has 5 N–H and O–H groups in total. The number of hydrogen-bond acceptors (Lipinski definition) is 6. The summed E-state index contributed by atoms with van der Waals surface area (Å²) >= 11 is 1.04. The number of nitrogens with zero attached hydrogens (tertiary/aromatic N) is 1. The molecule has 138 valence electrons. The van der Waals surface area contributed by atoms with E-state index in [0.29, 0.717) is 17.4 Å². The zero-order chi connectivity index (χ0) is 17.9. The maximum absolute atomic E-state index is 12.1. The van der Waals surface area contributed by atoms with Gasteiger partial charge in [-0.25, -0.2) is 0 Å². The summed E-state index contributed by atoms with van der Waals surface area (Å²) in [7, 11) is 0. The van der Waals surface area contributed by atoms with E-state index in [2.05, 4.69) is 5.32 Å². The van der Waals surface area contributed by atoms with Crippen molar-refractivity contribution in [2.24, 2.45) is 17.4 Å². The Bertz CT molecular complexity index is 683. The molecule has 2 amide bonds. The number of rotatable bonds is 8. The van der Waals surface area contributed by atoms with Crippen LogP contribution in [0.15, 0.2) is 23.1 Å². The molecular weight excluding hydrogens is 368 g/mol.